The molecule has 10 aromatic carbocycles. The van der Waals surface area contributed by atoms with E-state index in [1.165, 1.54) is 88.0 Å². The van der Waals surface area contributed by atoms with Crippen molar-refractivity contribution in [3.05, 3.63) is 222 Å². The standard InChI is InChI=1S/C53H33N/c1-3-16-36(17-4-1)54(37-18-5-2-6-19-37)38-31-29-34(30-32-38)45-33-35-15-13-24-43-49(35)50-41(45)23-14-25-44(50)52-51(43)42-22-9-12-28-48(42)53(52)46-26-10-7-20-39(46)40-21-8-11-27-47(40)53/h1-33H. The molecule has 2 aliphatic carbocycles. The second-order valence-electron chi connectivity index (χ2n) is 14.7. The summed E-state index contributed by atoms with van der Waals surface area (Å²) in [5, 5.41) is 7.95. The normalized spacial score (nSPS) is 13.3. The van der Waals surface area contributed by atoms with Gasteiger partial charge in [0.2, 0.25) is 0 Å². The fraction of sp³-hybridized carbons (Fsp3) is 0.0189. The zero-order valence-corrected chi connectivity index (χ0v) is 29.5. The summed E-state index contributed by atoms with van der Waals surface area (Å²) in [7, 11) is 0. The van der Waals surface area contributed by atoms with Crippen LogP contribution in [-0.4, -0.2) is 0 Å². The fourth-order valence-corrected chi connectivity index (χ4v) is 10.2. The molecule has 0 bridgehead atoms. The molecule has 2 aliphatic rings. The number of hydrogen-bond acceptors (Lipinski definition) is 1. The summed E-state index contributed by atoms with van der Waals surface area (Å²) in [6, 6.07) is 74.2. The monoisotopic (exact) mass is 683 g/mol. The minimum Gasteiger partial charge on any atom is -0.311 e. The Labute approximate surface area is 314 Å². The third-order valence-corrected chi connectivity index (χ3v) is 12.2. The van der Waals surface area contributed by atoms with Gasteiger partial charge in [0.05, 0.1) is 5.41 Å². The lowest BCUT2D eigenvalue weighted by atomic mass is 9.68. The Kier molecular flexibility index (Phi) is 6.04. The van der Waals surface area contributed by atoms with Crippen LogP contribution < -0.4 is 4.90 Å². The molecule has 0 heterocycles. The molecule has 1 nitrogen and oxygen atoms in total. The Morgan fingerprint density at radius 2 is 0.833 bits per heavy atom. The summed E-state index contributed by atoms with van der Waals surface area (Å²) >= 11 is 0. The summed E-state index contributed by atoms with van der Waals surface area (Å²) < 4.78 is 0. The highest BCUT2D eigenvalue weighted by molar-refractivity contribution is 6.31. The van der Waals surface area contributed by atoms with Gasteiger partial charge in [0.25, 0.3) is 0 Å². The summed E-state index contributed by atoms with van der Waals surface area (Å²) in [5.41, 5.74) is 16.4. The van der Waals surface area contributed by atoms with Crippen LogP contribution in [0.25, 0.3) is 65.7 Å². The highest BCUT2D eigenvalue weighted by Crippen LogP contribution is 2.66. The van der Waals surface area contributed by atoms with Gasteiger partial charge in [-0.15, -0.1) is 0 Å². The average molecular weight is 684 g/mol. The SMILES string of the molecule is c1ccc(N(c2ccccc2)c2ccc(-c3cc4cccc5c6c(c7cccc3c7c45)C3(c4ccccc4-c4ccccc43)c3ccccc3-6)cc2)cc1. The zero-order valence-electron chi connectivity index (χ0n) is 29.5. The maximum Gasteiger partial charge on any atom is 0.0731 e. The number of fused-ring (bicyclic) bond motifs is 12. The van der Waals surface area contributed by atoms with E-state index in [0.29, 0.717) is 0 Å². The van der Waals surface area contributed by atoms with Gasteiger partial charge in [-0.2, -0.15) is 0 Å². The molecule has 0 unspecified atom stereocenters. The lowest BCUT2D eigenvalue weighted by Gasteiger charge is -2.32. The molecular weight excluding hydrogens is 651 g/mol. The van der Waals surface area contributed by atoms with Crippen LogP contribution in [0.4, 0.5) is 17.1 Å². The van der Waals surface area contributed by atoms with Crippen molar-refractivity contribution in [1.82, 2.24) is 0 Å². The molecule has 0 saturated heterocycles. The van der Waals surface area contributed by atoms with Crippen molar-refractivity contribution in [2.75, 3.05) is 4.90 Å². The molecule has 0 aliphatic heterocycles. The number of benzene rings is 10. The number of nitrogens with zero attached hydrogens (tertiary/aromatic N) is 1. The smallest absolute Gasteiger partial charge is 0.0731 e. The third kappa shape index (κ3) is 3.78. The number of hydrogen-bond donors (Lipinski definition) is 0. The highest BCUT2D eigenvalue weighted by Gasteiger charge is 2.53. The van der Waals surface area contributed by atoms with Crippen molar-refractivity contribution >= 4 is 49.4 Å². The summed E-state index contributed by atoms with van der Waals surface area (Å²) in [5.74, 6) is 0. The molecule has 0 fully saturated rings. The molecule has 0 aromatic heterocycles. The molecule has 1 spiro atoms. The van der Waals surface area contributed by atoms with E-state index in [4.69, 9.17) is 0 Å². The Bertz CT molecular complexity index is 3000. The second-order valence-corrected chi connectivity index (χ2v) is 14.7. The lowest BCUT2D eigenvalue weighted by molar-refractivity contribution is 0.802. The fourth-order valence-electron chi connectivity index (χ4n) is 10.2. The maximum absolute atomic E-state index is 2.43. The van der Waals surface area contributed by atoms with E-state index < -0.39 is 5.41 Å². The predicted molar refractivity (Wildman–Crippen MR) is 227 cm³/mol. The molecule has 0 saturated carbocycles. The minimum absolute atomic E-state index is 0.413. The Morgan fingerprint density at radius 3 is 1.48 bits per heavy atom. The Hall–Kier alpha value is -6.96. The van der Waals surface area contributed by atoms with Gasteiger partial charge in [0.1, 0.15) is 0 Å². The largest absolute Gasteiger partial charge is 0.311 e. The van der Waals surface area contributed by atoms with Crippen molar-refractivity contribution in [3.8, 4) is 33.4 Å². The highest BCUT2D eigenvalue weighted by atomic mass is 15.1. The first kappa shape index (κ1) is 29.6. The number of anilines is 3. The quantitative estimate of drug-likeness (QED) is 0.167. The Balaban J connectivity index is 1.14. The zero-order chi connectivity index (χ0) is 35.4. The topological polar surface area (TPSA) is 3.24 Å². The molecular formula is C53H33N. The average Bonchev–Trinajstić information content (AvgIpc) is 3.72. The van der Waals surface area contributed by atoms with Gasteiger partial charge in [-0.05, 0) is 130 Å². The summed E-state index contributed by atoms with van der Waals surface area (Å²) in [4.78, 5) is 2.33. The minimum atomic E-state index is -0.413. The third-order valence-electron chi connectivity index (χ3n) is 12.2. The summed E-state index contributed by atoms with van der Waals surface area (Å²) in [6.45, 7) is 0. The van der Waals surface area contributed by atoms with Crippen LogP contribution in [0.1, 0.15) is 22.3 Å². The van der Waals surface area contributed by atoms with Gasteiger partial charge in [0.15, 0.2) is 0 Å². The number of rotatable bonds is 4. The van der Waals surface area contributed by atoms with E-state index in [2.05, 4.69) is 205 Å². The van der Waals surface area contributed by atoms with E-state index in [-0.39, 0.29) is 0 Å². The molecule has 1 heteroatoms. The predicted octanol–water partition coefficient (Wildman–Crippen LogP) is 14.1. The first-order valence-corrected chi connectivity index (χ1v) is 18.9. The van der Waals surface area contributed by atoms with Crippen molar-refractivity contribution in [2.24, 2.45) is 0 Å². The molecule has 0 atom stereocenters. The van der Waals surface area contributed by atoms with Crippen molar-refractivity contribution in [2.45, 2.75) is 5.41 Å². The molecule has 0 N–H and O–H groups in total. The summed E-state index contributed by atoms with van der Waals surface area (Å²) in [6.07, 6.45) is 0. The van der Waals surface area contributed by atoms with Gasteiger partial charge < -0.3 is 4.90 Å². The van der Waals surface area contributed by atoms with E-state index in [0.717, 1.165) is 17.1 Å². The van der Waals surface area contributed by atoms with E-state index in [1.54, 1.807) is 0 Å². The van der Waals surface area contributed by atoms with E-state index >= 15 is 0 Å². The van der Waals surface area contributed by atoms with Gasteiger partial charge in [0, 0.05) is 17.1 Å². The van der Waals surface area contributed by atoms with Crippen LogP contribution in [0, 0.1) is 0 Å². The molecule has 250 valence electrons. The van der Waals surface area contributed by atoms with Crippen LogP contribution >= 0.6 is 0 Å². The van der Waals surface area contributed by atoms with E-state index in [1.807, 2.05) is 0 Å². The first-order chi connectivity index (χ1) is 26.8. The van der Waals surface area contributed by atoms with Gasteiger partial charge in [-0.3, -0.25) is 0 Å². The van der Waals surface area contributed by atoms with Crippen LogP contribution in [-0.2, 0) is 5.41 Å². The lowest BCUT2D eigenvalue weighted by Crippen LogP contribution is -2.26. The van der Waals surface area contributed by atoms with Gasteiger partial charge >= 0.3 is 0 Å². The molecule has 10 aromatic rings. The van der Waals surface area contributed by atoms with E-state index in [9.17, 15) is 0 Å². The Morgan fingerprint density at radius 1 is 0.333 bits per heavy atom. The van der Waals surface area contributed by atoms with Crippen LogP contribution in [0.15, 0.2) is 200 Å². The maximum atomic E-state index is 2.43. The van der Waals surface area contributed by atoms with Crippen molar-refractivity contribution in [1.29, 1.82) is 0 Å². The van der Waals surface area contributed by atoms with Crippen LogP contribution in [0.2, 0.25) is 0 Å². The molecule has 12 rings (SSSR count). The molecule has 54 heavy (non-hydrogen) atoms. The molecule has 0 radical (unpaired) electrons. The molecule has 0 amide bonds. The van der Waals surface area contributed by atoms with Crippen molar-refractivity contribution < 1.29 is 0 Å². The van der Waals surface area contributed by atoms with Gasteiger partial charge in [-0.25, -0.2) is 0 Å². The van der Waals surface area contributed by atoms with Crippen LogP contribution in [0.5, 0.6) is 0 Å². The number of para-hydroxylation sites is 2. The first-order valence-electron chi connectivity index (χ1n) is 18.9. The van der Waals surface area contributed by atoms with Crippen LogP contribution in [0.3, 0.4) is 0 Å². The second kappa shape index (κ2) is 11.0. The van der Waals surface area contributed by atoms with Crippen molar-refractivity contribution in [3.63, 3.8) is 0 Å². The van der Waals surface area contributed by atoms with Gasteiger partial charge in [-0.1, -0.05) is 158 Å².